The standard InChI is InChI=1S/C25H29FN2O2.ClH/c1-3-5-22-16-20-17-23(30-2)11-12-24(20)28(22)27-14-4-6-18(13-15-27)25(29)19-7-9-21(26)10-8-19;/h7-12,16-18H,3-6,13-15H2,1-2H3;1H. The molecule has 2 heterocycles. The van der Waals surface area contributed by atoms with Crippen molar-refractivity contribution in [1.82, 2.24) is 4.68 Å². The number of ether oxygens (including phenoxy) is 1. The van der Waals surface area contributed by atoms with Crippen LogP contribution in [0, 0.1) is 11.7 Å². The summed E-state index contributed by atoms with van der Waals surface area (Å²) in [6.45, 7) is 3.94. The second-order valence-electron chi connectivity index (χ2n) is 8.07. The number of rotatable bonds is 6. The largest absolute Gasteiger partial charge is 0.497 e. The molecule has 1 aliphatic heterocycles. The van der Waals surface area contributed by atoms with E-state index < -0.39 is 0 Å². The van der Waals surface area contributed by atoms with Crippen molar-refractivity contribution in [3.05, 3.63) is 65.6 Å². The van der Waals surface area contributed by atoms with E-state index in [-0.39, 0.29) is 29.9 Å². The maximum Gasteiger partial charge on any atom is 0.166 e. The van der Waals surface area contributed by atoms with Gasteiger partial charge in [-0.05, 0) is 74.2 Å². The molecule has 2 aromatic carbocycles. The van der Waals surface area contributed by atoms with Crippen LogP contribution in [0.25, 0.3) is 10.9 Å². The maximum absolute atomic E-state index is 13.2. The molecule has 0 amide bonds. The molecule has 1 atom stereocenters. The fourth-order valence-corrected chi connectivity index (χ4v) is 4.52. The van der Waals surface area contributed by atoms with E-state index in [0.717, 1.165) is 50.9 Å². The minimum absolute atomic E-state index is 0. The number of hydrogen-bond acceptors (Lipinski definition) is 3. The summed E-state index contributed by atoms with van der Waals surface area (Å²) in [6.07, 6.45) is 4.71. The molecule has 1 aliphatic rings. The van der Waals surface area contributed by atoms with Crippen molar-refractivity contribution in [3.63, 3.8) is 0 Å². The van der Waals surface area contributed by atoms with Crippen LogP contribution in [0.5, 0.6) is 5.75 Å². The third-order valence-electron chi connectivity index (χ3n) is 6.05. The van der Waals surface area contributed by atoms with Gasteiger partial charge < -0.3 is 9.75 Å². The van der Waals surface area contributed by atoms with E-state index in [2.05, 4.69) is 34.8 Å². The predicted molar refractivity (Wildman–Crippen MR) is 126 cm³/mol. The molecular weight excluding hydrogens is 415 g/mol. The van der Waals surface area contributed by atoms with Crippen LogP contribution in [0.4, 0.5) is 4.39 Å². The highest BCUT2D eigenvalue weighted by Gasteiger charge is 2.25. The zero-order valence-corrected chi connectivity index (χ0v) is 19.0. The summed E-state index contributed by atoms with van der Waals surface area (Å²) in [7, 11) is 1.69. The Hall–Kier alpha value is -2.53. The third-order valence-corrected chi connectivity index (χ3v) is 6.05. The Morgan fingerprint density at radius 2 is 1.87 bits per heavy atom. The molecule has 4 rings (SSSR count). The monoisotopic (exact) mass is 444 g/mol. The van der Waals surface area contributed by atoms with Gasteiger partial charge in [0, 0.05) is 35.7 Å². The lowest BCUT2D eigenvalue weighted by molar-refractivity contribution is 0.0910. The van der Waals surface area contributed by atoms with E-state index in [9.17, 15) is 9.18 Å². The number of ketones is 1. The van der Waals surface area contributed by atoms with E-state index >= 15 is 0 Å². The van der Waals surface area contributed by atoms with Crippen LogP contribution < -0.4 is 9.75 Å². The number of benzene rings is 2. The molecule has 1 fully saturated rings. The number of Topliss-reactive ketones (excluding diaryl/α,β-unsaturated/α-hetero) is 1. The summed E-state index contributed by atoms with van der Waals surface area (Å²) in [6, 6.07) is 14.4. The molecule has 0 bridgehead atoms. The average molecular weight is 445 g/mol. The Bertz CT molecular complexity index is 1030. The van der Waals surface area contributed by atoms with Crippen LogP contribution in [-0.4, -0.2) is 30.7 Å². The van der Waals surface area contributed by atoms with Gasteiger partial charge in [-0.3, -0.25) is 9.47 Å². The Balaban J connectivity index is 0.00000272. The van der Waals surface area contributed by atoms with Gasteiger partial charge in [0.05, 0.1) is 12.6 Å². The molecule has 0 saturated carbocycles. The van der Waals surface area contributed by atoms with Gasteiger partial charge in [0.15, 0.2) is 5.78 Å². The minimum Gasteiger partial charge on any atom is -0.497 e. The van der Waals surface area contributed by atoms with Crippen LogP contribution >= 0.6 is 12.4 Å². The molecule has 6 heteroatoms. The smallest absolute Gasteiger partial charge is 0.166 e. The first kappa shape index (κ1) is 23.1. The topological polar surface area (TPSA) is 34.5 Å². The predicted octanol–water partition coefficient (Wildman–Crippen LogP) is 5.78. The van der Waals surface area contributed by atoms with Gasteiger partial charge in [0.25, 0.3) is 0 Å². The molecule has 0 radical (unpaired) electrons. The maximum atomic E-state index is 13.2. The van der Waals surface area contributed by atoms with Gasteiger partial charge in [0.2, 0.25) is 0 Å². The molecule has 0 N–H and O–H groups in total. The lowest BCUT2D eigenvalue weighted by atomic mass is 9.91. The summed E-state index contributed by atoms with van der Waals surface area (Å²) < 4.78 is 21.0. The van der Waals surface area contributed by atoms with E-state index in [4.69, 9.17) is 4.74 Å². The highest BCUT2D eigenvalue weighted by atomic mass is 35.5. The fraction of sp³-hybridized carbons (Fsp3) is 0.400. The SMILES string of the molecule is CCCc1cc2cc(OC)ccc2n1N1CCCC(C(=O)c2ccc(F)cc2)CC1.Cl. The minimum atomic E-state index is -0.307. The first-order valence-corrected chi connectivity index (χ1v) is 10.8. The molecule has 31 heavy (non-hydrogen) atoms. The Morgan fingerprint density at radius 3 is 2.58 bits per heavy atom. The van der Waals surface area contributed by atoms with Gasteiger partial charge in [0.1, 0.15) is 11.6 Å². The second kappa shape index (κ2) is 10.2. The molecule has 1 saturated heterocycles. The number of fused-ring (bicyclic) bond motifs is 1. The van der Waals surface area contributed by atoms with Crippen molar-refractivity contribution >= 4 is 29.1 Å². The molecule has 0 aliphatic carbocycles. The van der Waals surface area contributed by atoms with Gasteiger partial charge in [-0.15, -0.1) is 12.4 Å². The number of hydrogen-bond donors (Lipinski definition) is 0. The van der Waals surface area contributed by atoms with Gasteiger partial charge >= 0.3 is 0 Å². The van der Waals surface area contributed by atoms with E-state index in [0.29, 0.717) is 5.56 Å². The van der Waals surface area contributed by atoms with Crippen molar-refractivity contribution < 1.29 is 13.9 Å². The Kier molecular flexibility index (Phi) is 7.60. The van der Waals surface area contributed by atoms with Crippen molar-refractivity contribution in [2.24, 2.45) is 5.92 Å². The lowest BCUT2D eigenvalue weighted by Gasteiger charge is -2.28. The Morgan fingerprint density at radius 1 is 1.10 bits per heavy atom. The summed E-state index contributed by atoms with van der Waals surface area (Å²) in [4.78, 5) is 12.9. The van der Waals surface area contributed by atoms with Gasteiger partial charge in [-0.2, -0.15) is 0 Å². The second-order valence-corrected chi connectivity index (χ2v) is 8.07. The average Bonchev–Trinajstić information content (AvgIpc) is 2.94. The number of halogens is 2. The number of carbonyl (C=O) groups excluding carboxylic acids is 1. The van der Waals surface area contributed by atoms with E-state index in [1.165, 1.54) is 28.7 Å². The van der Waals surface area contributed by atoms with Crippen molar-refractivity contribution in [1.29, 1.82) is 0 Å². The van der Waals surface area contributed by atoms with Gasteiger partial charge in [-0.1, -0.05) is 13.3 Å². The first-order chi connectivity index (χ1) is 14.6. The van der Waals surface area contributed by atoms with Crippen LogP contribution in [0.2, 0.25) is 0 Å². The molecule has 0 spiro atoms. The Labute approximate surface area is 189 Å². The normalized spacial score (nSPS) is 16.6. The molecule has 4 nitrogen and oxygen atoms in total. The van der Waals surface area contributed by atoms with Gasteiger partial charge in [-0.25, -0.2) is 4.39 Å². The summed E-state index contributed by atoms with van der Waals surface area (Å²) in [5.41, 5.74) is 3.09. The zero-order chi connectivity index (χ0) is 21.1. The molecule has 3 aromatic rings. The van der Waals surface area contributed by atoms with Crippen molar-refractivity contribution in [2.75, 3.05) is 25.2 Å². The summed E-state index contributed by atoms with van der Waals surface area (Å²) in [5, 5.41) is 3.57. The van der Waals surface area contributed by atoms with E-state index in [1.807, 2.05) is 6.07 Å². The fourth-order valence-electron chi connectivity index (χ4n) is 4.52. The summed E-state index contributed by atoms with van der Waals surface area (Å²) in [5.74, 6) is 0.673. The lowest BCUT2D eigenvalue weighted by Crippen LogP contribution is -2.36. The van der Waals surface area contributed by atoms with Crippen LogP contribution in [0.15, 0.2) is 48.5 Å². The highest BCUT2D eigenvalue weighted by molar-refractivity contribution is 5.97. The highest BCUT2D eigenvalue weighted by Crippen LogP contribution is 2.28. The van der Waals surface area contributed by atoms with E-state index in [1.54, 1.807) is 19.2 Å². The van der Waals surface area contributed by atoms with Crippen LogP contribution in [0.3, 0.4) is 0 Å². The number of nitrogens with zero attached hydrogens (tertiary/aromatic N) is 2. The summed E-state index contributed by atoms with van der Waals surface area (Å²) >= 11 is 0. The zero-order valence-electron chi connectivity index (χ0n) is 18.1. The number of aromatic nitrogens is 1. The third kappa shape index (κ3) is 4.87. The number of aryl methyl sites for hydroxylation is 1. The molecular formula is C25H30ClFN2O2. The van der Waals surface area contributed by atoms with Crippen molar-refractivity contribution in [2.45, 2.75) is 39.0 Å². The van der Waals surface area contributed by atoms with Crippen LogP contribution in [0.1, 0.15) is 48.7 Å². The molecule has 1 aromatic heterocycles. The molecule has 166 valence electrons. The molecule has 1 unspecified atom stereocenters. The first-order valence-electron chi connectivity index (χ1n) is 10.8. The quantitative estimate of drug-likeness (QED) is 0.451. The number of methoxy groups -OCH3 is 1. The number of carbonyl (C=O) groups is 1. The van der Waals surface area contributed by atoms with Crippen molar-refractivity contribution in [3.8, 4) is 5.75 Å². The van der Waals surface area contributed by atoms with Crippen LogP contribution in [-0.2, 0) is 6.42 Å².